The minimum Gasteiger partial charge on any atom is -0.327 e. The van der Waals surface area contributed by atoms with Gasteiger partial charge in [0.25, 0.3) is 0 Å². The summed E-state index contributed by atoms with van der Waals surface area (Å²) < 4.78 is 53.7. The molecule has 0 fully saturated rings. The second-order valence-corrected chi connectivity index (χ2v) is 5.35. The van der Waals surface area contributed by atoms with Crippen LogP contribution in [0.3, 0.4) is 0 Å². The van der Waals surface area contributed by atoms with Gasteiger partial charge in [0, 0.05) is 13.0 Å². The smallest absolute Gasteiger partial charge is 0.327 e. The predicted molar refractivity (Wildman–Crippen MR) is 69.1 cm³/mol. The van der Waals surface area contributed by atoms with Crippen LogP contribution in [0.5, 0.6) is 0 Å². The Hall–Kier alpha value is -0.530. The lowest BCUT2D eigenvalue weighted by Gasteiger charge is -2.11. The Morgan fingerprint density at radius 1 is 1.28 bits per heavy atom. The minimum atomic E-state index is -5.23. The van der Waals surface area contributed by atoms with Crippen LogP contribution in [-0.4, -0.2) is 24.8 Å². The van der Waals surface area contributed by atoms with E-state index in [1.54, 1.807) is 6.08 Å². The summed E-state index contributed by atoms with van der Waals surface area (Å²) in [5, 5.41) is -3.99. The van der Waals surface area contributed by atoms with E-state index in [1.807, 2.05) is 6.92 Å². The molecule has 0 bridgehead atoms. The maximum Gasteiger partial charge on any atom is 0.370 e. The number of hydrogen-bond donors (Lipinski definition) is 2. The SMILES string of the molecule is C=CCN.CCCCCCCC(F)(F)S(=O)(=O)O. The van der Waals surface area contributed by atoms with E-state index in [4.69, 9.17) is 10.3 Å². The van der Waals surface area contributed by atoms with E-state index in [-0.39, 0.29) is 6.42 Å². The molecule has 0 spiro atoms. The van der Waals surface area contributed by atoms with E-state index in [0.29, 0.717) is 13.0 Å². The van der Waals surface area contributed by atoms with Gasteiger partial charge < -0.3 is 5.73 Å². The molecular weight excluding hydrogens is 264 g/mol. The van der Waals surface area contributed by atoms with Gasteiger partial charge in [-0.25, -0.2) is 0 Å². The summed E-state index contributed by atoms with van der Waals surface area (Å²) in [7, 11) is -5.23. The van der Waals surface area contributed by atoms with Gasteiger partial charge in [-0.15, -0.1) is 6.58 Å². The van der Waals surface area contributed by atoms with Crippen LogP contribution in [0.25, 0.3) is 0 Å². The molecule has 0 saturated carbocycles. The molecule has 3 N–H and O–H groups in total. The molecule has 0 unspecified atom stereocenters. The zero-order valence-electron chi connectivity index (χ0n) is 10.7. The maximum absolute atomic E-state index is 12.6. The van der Waals surface area contributed by atoms with Crippen LogP contribution in [0.2, 0.25) is 0 Å². The molecule has 0 rings (SSSR count). The Labute approximate surface area is 108 Å². The van der Waals surface area contributed by atoms with E-state index in [1.165, 1.54) is 0 Å². The maximum atomic E-state index is 12.6. The van der Waals surface area contributed by atoms with Gasteiger partial charge in [-0.2, -0.15) is 17.2 Å². The Bertz CT molecular complexity index is 305. The first-order valence-corrected chi connectivity index (χ1v) is 7.32. The normalized spacial score (nSPS) is 11.6. The van der Waals surface area contributed by atoms with Crippen LogP contribution in [0, 0.1) is 0 Å². The number of halogens is 2. The molecule has 0 heterocycles. The van der Waals surface area contributed by atoms with Crippen molar-refractivity contribution in [3.8, 4) is 0 Å². The van der Waals surface area contributed by atoms with Crippen LogP contribution in [0.4, 0.5) is 8.78 Å². The summed E-state index contributed by atoms with van der Waals surface area (Å²) in [5.41, 5.74) is 4.91. The fourth-order valence-corrected chi connectivity index (χ4v) is 1.47. The molecule has 7 heteroatoms. The Kier molecular flexibility index (Phi) is 11.4. The largest absolute Gasteiger partial charge is 0.370 e. The number of hydrogen-bond acceptors (Lipinski definition) is 3. The fraction of sp³-hybridized carbons (Fsp3) is 0.818. The molecule has 0 aromatic heterocycles. The van der Waals surface area contributed by atoms with Crippen molar-refractivity contribution in [3.05, 3.63) is 12.7 Å². The third-order valence-corrected chi connectivity index (χ3v) is 3.07. The second-order valence-electron chi connectivity index (χ2n) is 3.80. The molecule has 0 aromatic rings. The standard InChI is InChI=1S/C8H16F2O3S.C3H7N/c1-2-3-4-5-6-7-8(9,10)14(11,12)13;1-2-3-4/h2-7H2,1H3,(H,11,12,13);2H,1,3-4H2. The van der Waals surface area contributed by atoms with Crippen molar-refractivity contribution >= 4 is 10.1 Å². The molecule has 110 valence electrons. The van der Waals surface area contributed by atoms with E-state index in [0.717, 1.165) is 19.3 Å². The molecule has 0 saturated heterocycles. The van der Waals surface area contributed by atoms with Crippen molar-refractivity contribution in [2.24, 2.45) is 5.73 Å². The topological polar surface area (TPSA) is 80.4 Å². The zero-order valence-corrected chi connectivity index (χ0v) is 11.6. The van der Waals surface area contributed by atoms with Gasteiger partial charge in [-0.1, -0.05) is 38.7 Å². The molecule has 0 aliphatic carbocycles. The number of rotatable bonds is 8. The van der Waals surface area contributed by atoms with E-state index >= 15 is 0 Å². The van der Waals surface area contributed by atoms with Crippen molar-refractivity contribution in [1.29, 1.82) is 0 Å². The average molecular weight is 287 g/mol. The first kappa shape index (κ1) is 19.8. The first-order valence-electron chi connectivity index (χ1n) is 5.88. The number of nitrogens with two attached hydrogens (primary N) is 1. The molecule has 0 radical (unpaired) electrons. The molecule has 18 heavy (non-hydrogen) atoms. The molecule has 0 atom stereocenters. The zero-order chi connectivity index (χ0) is 14.7. The molecule has 4 nitrogen and oxygen atoms in total. The van der Waals surface area contributed by atoms with Crippen molar-refractivity contribution in [1.82, 2.24) is 0 Å². The third-order valence-electron chi connectivity index (χ3n) is 2.12. The molecule has 0 aliphatic heterocycles. The van der Waals surface area contributed by atoms with Gasteiger partial charge >= 0.3 is 15.4 Å². The van der Waals surface area contributed by atoms with E-state index in [2.05, 4.69) is 6.58 Å². The van der Waals surface area contributed by atoms with E-state index in [9.17, 15) is 17.2 Å². The molecule has 0 amide bonds. The Morgan fingerprint density at radius 3 is 2.06 bits per heavy atom. The van der Waals surface area contributed by atoms with Crippen LogP contribution in [-0.2, 0) is 10.1 Å². The lowest BCUT2D eigenvalue weighted by atomic mass is 10.1. The Morgan fingerprint density at radius 2 is 1.72 bits per heavy atom. The summed E-state index contributed by atoms with van der Waals surface area (Å²) in [6.45, 7) is 5.93. The van der Waals surface area contributed by atoms with Crippen molar-refractivity contribution < 1.29 is 21.8 Å². The van der Waals surface area contributed by atoms with Gasteiger partial charge in [0.2, 0.25) is 0 Å². The highest BCUT2D eigenvalue weighted by molar-refractivity contribution is 7.86. The summed E-state index contributed by atoms with van der Waals surface area (Å²) >= 11 is 0. The van der Waals surface area contributed by atoms with Gasteiger partial charge in [-0.3, -0.25) is 4.55 Å². The van der Waals surface area contributed by atoms with E-state index < -0.39 is 21.8 Å². The van der Waals surface area contributed by atoms with Gasteiger partial charge in [0.15, 0.2) is 0 Å². The van der Waals surface area contributed by atoms with Crippen LogP contribution in [0.1, 0.15) is 45.4 Å². The van der Waals surface area contributed by atoms with Crippen molar-refractivity contribution in [2.75, 3.05) is 6.54 Å². The summed E-state index contributed by atoms with van der Waals surface area (Å²) in [4.78, 5) is 0. The first-order chi connectivity index (χ1) is 8.22. The lowest BCUT2D eigenvalue weighted by molar-refractivity contribution is 0.0683. The molecule has 0 aliphatic rings. The predicted octanol–water partition coefficient (Wildman–Crippen LogP) is 2.96. The third kappa shape index (κ3) is 10.6. The van der Waals surface area contributed by atoms with Crippen molar-refractivity contribution in [3.63, 3.8) is 0 Å². The van der Waals surface area contributed by atoms with Crippen LogP contribution < -0.4 is 5.73 Å². The Balaban J connectivity index is 0. The summed E-state index contributed by atoms with van der Waals surface area (Å²) in [5.74, 6) is 0. The van der Waals surface area contributed by atoms with Gasteiger partial charge in [-0.05, 0) is 6.42 Å². The highest BCUT2D eigenvalue weighted by Crippen LogP contribution is 2.27. The van der Waals surface area contributed by atoms with Gasteiger partial charge in [0.1, 0.15) is 0 Å². The lowest BCUT2D eigenvalue weighted by Crippen LogP contribution is -2.27. The highest BCUT2D eigenvalue weighted by Gasteiger charge is 2.42. The monoisotopic (exact) mass is 287 g/mol. The van der Waals surface area contributed by atoms with Crippen LogP contribution >= 0.6 is 0 Å². The second kappa shape index (κ2) is 10.4. The summed E-state index contributed by atoms with van der Waals surface area (Å²) in [6, 6.07) is 0. The molecular formula is C11H23F2NO3S. The number of alkyl halides is 2. The van der Waals surface area contributed by atoms with Crippen LogP contribution in [0.15, 0.2) is 12.7 Å². The minimum absolute atomic E-state index is 0.118. The van der Waals surface area contributed by atoms with Gasteiger partial charge in [0.05, 0.1) is 0 Å². The fourth-order valence-electron chi connectivity index (χ4n) is 1.06. The average Bonchev–Trinajstić information content (AvgIpc) is 2.27. The van der Waals surface area contributed by atoms with Crippen molar-refractivity contribution in [2.45, 2.75) is 50.7 Å². The quantitative estimate of drug-likeness (QED) is 0.408. The molecule has 0 aromatic carbocycles. The number of unbranched alkanes of at least 4 members (excludes halogenated alkanes) is 4. The highest BCUT2D eigenvalue weighted by atomic mass is 32.2. The summed E-state index contributed by atoms with van der Waals surface area (Å²) in [6.07, 6.45) is 4.31.